The van der Waals surface area contributed by atoms with Gasteiger partial charge in [0.2, 0.25) is 0 Å². The standard InChI is InChI=1S/C11H23/c1-4-6-7-8-9-10-11(3)5-2/h5,11H,4,6-10H2,1-3H3. The fourth-order valence-electron chi connectivity index (χ4n) is 1.24. The van der Waals surface area contributed by atoms with E-state index in [0.29, 0.717) is 0 Å². The van der Waals surface area contributed by atoms with Gasteiger partial charge in [0.05, 0.1) is 0 Å². The van der Waals surface area contributed by atoms with Crippen LogP contribution in [0.2, 0.25) is 0 Å². The molecular weight excluding hydrogens is 132 g/mol. The summed E-state index contributed by atoms with van der Waals surface area (Å²) in [4.78, 5) is 0. The van der Waals surface area contributed by atoms with Crippen molar-refractivity contribution in [1.82, 2.24) is 0 Å². The SMILES string of the molecule is C[CH]C(C)CCCCCCC. The van der Waals surface area contributed by atoms with Crippen molar-refractivity contribution < 1.29 is 0 Å². The van der Waals surface area contributed by atoms with Crippen LogP contribution in [-0.4, -0.2) is 0 Å². The van der Waals surface area contributed by atoms with Crippen LogP contribution in [0.5, 0.6) is 0 Å². The Balaban J connectivity index is 2.89. The number of rotatable bonds is 7. The largest absolute Gasteiger partial charge is 0.0654 e. The van der Waals surface area contributed by atoms with E-state index in [1.54, 1.807) is 0 Å². The molecule has 1 atom stereocenters. The second kappa shape index (κ2) is 8.10. The maximum atomic E-state index is 2.31. The van der Waals surface area contributed by atoms with Crippen molar-refractivity contribution in [1.29, 1.82) is 0 Å². The molecule has 0 amide bonds. The topological polar surface area (TPSA) is 0 Å². The summed E-state index contributed by atoms with van der Waals surface area (Å²) in [5.41, 5.74) is 0. The lowest BCUT2D eigenvalue weighted by Crippen LogP contribution is -1.92. The van der Waals surface area contributed by atoms with Crippen LogP contribution in [0.15, 0.2) is 0 Å². The molecule has 0 fully saturated rings. The number of hydrogen-bond donors (Lipinski definition) is 0. The maximum Gasteiger partial charge on any atom is -0.0389 e. The van der Waals surface area contributed by atoms with Crippen LogP contribution in [0.1, 0.15) is 59.3 Å². The minimum absolute atomic E-state index is 0.830. The molecule has 0 aromatic heterocycles. The summed E-state index contributed by atoms with van der Waals surface area (Å²) >= 11 is 0. The first-order chi connectivity index (χ1) is 5.31. The molecule has 0 heteroatoms. The molecule has 1 unspecified atom stereocenters. The normalized spacial score (nSPS) is 13.4. The first-order valence-electron chi connectivity index (χ1n) is 5.10. The third-order valence-corrected chi connectivity index (χ3v) is 2.33. The van der Waals surface area contributed by atoms with Gasteiger partial charge in [-0.2, -0.15) is 0 Å². The zero-order valence-electron chi connectivity index (χ0n) is 8.40. The zero-order valence-corrected chi connectivity index (χ0v) is 8.40. The molecule has 0 aliphatic heterocycles. The molecule has 0 aliphatic rings. The van der Waals surface area contributed by atoms with E-state index < -0.39 is 0 Å². The van der Waals surface area contributed by atoms with Gasteiger partial charge < -0.3 is 0 Å². The summed E-state index contributed by atoms with van der Waals surface area (Å²) < 4.78 is 0. The molecule has 0 bridgehead atoms. The molecule has 11 heavy (non-hydrogen) atoms. The fourth-order valence-corrected chi connectivity index (χ4v) is 1.24. The molecule has 67 valence electrons. The highest BCUT2D eigenvalue weighted by Gasteiger charge is 1.97. The fraction of sp³-hybridized carbons (Fsp3) is 0.909. The van der Waals surface area contributed by atoms with E-state index in [9.17, 15) is 0 Å². The van der Waals surface area contributed by atoms with Crippen LogP contribution >= 0.6 is 0 Å². The van der Waals surface area contributed by atoms with E-state index in [0.717, 1.165) is 5.92 Å². The Labute approximate surface area is 72.4 Å². The molecule has 0 nitrogen and oxygen atoms in total. The average Bonchev–Trinajstić information content (AvgIpc) is 2.04. The molecule has 0 saturated carbocycles. The van der Waals surface area contributed by atoms with E-state index >= 15 is 0 Å². The summed E-state index contributed by atoms with van der Waals surface area (Å²) in [5.74, 6) is 0.830. The molecule has 0 N–H and O–H groups in total. The van der Waals surface area contributed by atoms with Crippen LogP contribution in [-0.2, 0) is 0 Å². The van der Waals surface area contributed by atoms with Gasteiger partial charge in [-0.3, -0.25) is 0 Å². The van der Waals surface area contributed by atoms with Gasteiger partial charge in [-0.25, -0.2) is 0 Å². The summed E-state index contributed by atoms with van der Waals surface area (Å²) in [6.07, 6.45) is 10.8. The lowest BCUT2D eigenvalue weighted by molar-refractivity contribution is 0.531. The Kier molecular flexibility index (Phi) is 8.10. The quantitative estimate of drug-likeness (QED) is 0.483. The minimum Gasteiger partial charge on any atom is -0.0654 e. The van der Waals surface area contributed by atoms with Gasteiger partial charge in [0.1, 0.15) is 0 Å². The predicted molar refractivity (Wildman–Crippen MR) is 52.5 cm³/mol. The molecule has 0 spiro atoms. The Morgan fingerprint density at radius 3 is 2.27 bits per heavy atom. The molecular formula is C11H23. The summed E-state index contributed by atoms with van der Waals surface area (Å²) in [7, 11) is 0. The van der Waals surface area contributed by atoms with Crippen molar-refractivity contribution in [2.45, 2.75) is 59.3 Å². The van der Waals surface area contributed by atoms with Gasteiger partial charge in [-0.1, -0.05) is 59.3 Å². The Morgan fingerprint density at radius 2 is 1.73 bits per heavy atom. The van der Waals surface area contributed by atoms with E-state index in [-0.39, 0.29) is 0 Å². The van der Waals surface area contributed by atoms with Crippen molar-refractivity contribution >= 4 is 0 Å². The van der Waals surface area contributed by atoms with Crippen LogP contribution in [0, 0.1) is 12.3 Å². The molecule has 0 aliphatic carbocycles. The van der Waals surface area contributed by atoms with Crippen LogP contribution in [0.25, 0.3) is 0 Å². The average molecular weight is 155 g/mol. The van der Waals surface area contributed by atoms with E-state index in [2.05, 4.69) is 27.2 Å². The maximum absolute atomic E-state index is 2.31. The lowest BCUT2D eigenvalue weighted by Gasteiger charge is -2.06. The van der Waals surface area contributed by atoms with Crippen molar-refractivity contribution in [2.24, 2.45) is 5.92 Å². The van der Waals surface area contributed by atoms with Crippen LogP contribution < -0.4 is 0 Å². The molecule has 0 rings (SSSR count). The first kappa shape index (κ1) is 11.0. The monoisotopic (exact) mass is 155 g/mol. The zero-order chi connectivity index (χ0) is 8.53. The van der Waals surface area contributed by atoms with E-state index in [1.165, 1.54) is 38.5 Å². The van der Waals surface area contributed by atoms with Crippen molar-refractivity contribution in [3.8, 4) is 0 Å². The number of hydrogen-bond acceptors (Lipinski definition) is 0. The highest BCUT2D eigenvalue weighted by atomic mass is 14.0. The van der Waals surface area contributed by atoms with Crippen molar-refractivity contribution in [3.05, 3.63) is 6.42 Å². The Hall–Kier alpha value is 0. The van der Waals surface area contributed by atoms with Gasteiger partial charge in [0.25, 0.3) is 0 Å². The highest BCUT2D eigenvalue weighted by molar-refractivity contribution is 4.65. The predicted octanol–water partition coefficient (Wildman–Crippen LogP) is 4.21. The summed E-state index contributed by atoms with van der Waals surface area (Å²) in [6, 6.07) is 0. The molecule has 0 aromatic rings. The van der Waals surface area contributed by atoms with Gasteiger partial charge >= 0.3 is 0 Å². The Morgan fingerprint density at radius 1 is 1.09 bits per heavy atom. The highest BCUT2D eigenvalue weighted by Crippen LogP contribution is 2.12. The van der Waals surface area contributed by atoms with Gasteiger partial charge in [-0.15, -0.1) is 0 Å². The van der Waals surface area contributed by atoms with Crippen molar-refractivity contribution in [3.63, 3.8) is 0 Å². The second-order valence-corrected chi connectivity index (χ2v) is 3.51. The summed E-state index contributed by atoms with van der Waals surface area (Å²) in [6.45, 7) is 6.74. The van der Waals surface area contributed by atoms with Crippen LogP contribution in [0.3, 0.4) is 0 Å². The first-order valence-corrected chi connectivity index (χ1v) is 5.10. The van der Waals surface area contributed by atoms with Gasteiger partial charge in [-0.05, 0) is 12.3 Å². The molecule has 0 heterocycles. The van der Waals surface area contributed by atoms with E-state index in [4.69, 9.17) is 0 Å². The van der Waals surface area contributed by atoms with Gasteiger partial charge in [0.15, 0.2) is 0 Å². The lowest BCUT2D eigenvalue weighted by atomic mass is 10.0. The Bertz CT molecular complexity index is 66.4. The third-order valence-electron chi connectivity index (χ3n) is 2.33. The third kappa shape index (κ3) is 7.90. The van der Waals surface area contributed by atoms with Gasteiger partial charge in [0, 0.05) is 0 Å². The smallest absolute Gasteiger partial charge is 0.0389 e. The molecule has 0 saturated heterocycles. The van der Waals surface area contributed by atoms with Crippen LogP contribution in [0.4, 0.5) is 0 Å². The van der Waals surface area contributed by atoms with Crippen molar-refractivity contribution in [2.75, 3.05) is 0 Å². The molecule has 0 aromatic carbocycles. The van der Waals surface area contributed by atoms with E-state index in [1.807, 2.05) is 0 Å². The summed E-state index contributed by atoms with van der Waals surface area (Å²) in [5, 5.41) is 0. The minimum atomic E-state index is 0.830. The molecule has 1 radical (unpaired) electrons. The number of unbranched alkanes of at least 4 members (excludes halogenated alkanes) is 4. The second-order valence-electron chi connectivity index (χ2n) is 3.51.